The summed E-state index contributed by atoms with van der Waals surface area (Å²) in [7, 11) is 2.17. The zero-order valence-electron chi connectivity index (χ0n) is 13.2. The number of allylic oxidation sites excluding steroid dienone is 3. The fraction of sp³-hybridized carbons (Fsp3) is 0.278. The number of amidine groups is 1. The number of aliphatic imine (C=N–C) groups is 1. The normalized spacial score (nSPS) is 20.9. The SMILES string of the molecule is C=C1C=CN2C(=C1)C(N1CCN(C)CC1)=Nc1ccc(Br)cc12. The van der Waals surface area contributed by atoms with Gasteiger partial charge in [-0.05, 0) is 43.0 Å². The summed E-state index contributed by atoms with van der Waals surface area (Å²) >= 11 is 3.56. The van der Waals surface area contributed by atoms with E-state index >= 15 is 0 Å². The summed E-state index contributed by atoms with van der Waals surface area (Å²) in [5.41, 5.74) is 4.24. The van der Waals surface area contributed by atoms with Gasteiger partial charge in [0, 0.05) is 36.9 Å². The lowest BCUT2D eigenvalue weighted by molar-refractivity contribution is 0.215. The second-order valence-electron chi connectivity index (χ2n) is 6.15. The van der Waals surface area contributed by atoms with Crippen LogP contribution in [-0.2, 0) is 0 Å². The van der Waals surface area contributed by atoms with Crippen molar-refractivity contribution in [1.29, 1.82) is 0 Å². The molecular formula is C18H19BrN4. The molecule has 0 spiro atoms. The van der Waals surface area contributed by atoms with Crippen molar-refractivity contribution in [3.8, 4) is 0 Å². The summed E-state index contributed by atoms with van der Waals surface area (Å²) in [4.78, 5) is 11.9. The van der Waals surface area contributed by atoms with Gasteiger partial charge in [-0.25, -0.2) is 4.99 Å². The first-order valence-corrected chi connectivity index (χ1v) is 8.61. The zero-order valence-corrected chi connectivity index (χ0v) is 14.8. The number of rotatable bonds is 0. The first kappa shape index (κ1) is 14.7. The van der Waals surface area contributed by atoms with Gasteiger partial charge in [0.1, 0.15) is 0 Å². The van der Waals surface area contributed by atoms with Gasteiger partial charge in [0.15, 0.2) is 5.84 Å². The van der Waals surface area contributed by atoms with Crippen LogP contribution in [0.5, 0.6) is 0 Å². The van der Waals surface area contributed by atoms with E-state index in [-0.39, 0.29) is 0 Å². The Bertz CT molecular complexity index is 754. The third-order valence-electron chi connectivity index (χ3n) is 4.47. The van der Waals surface area contributed by atoms with E-state index in [1.165, 1.54) is 0 Å². The monoisotopic (exact) mass is 370 g/mol. The Balaban J connectivity index is 1.80. The van der Waals surface area contributed by atoms with Crippen LogP contribution in [0.3, 0.4) is 0 Å². The highest BCUT2D eigenvalue weighted by molar-refractivity contribution is 9.10. The maximum absolute atomic E-state index is 4.97. The molecule has 0 aromatic heterocycles. The van der Waals surface area contributed by atoms with Crippen molar-refractivity contribution in [2.24, 2.45) is 4.99 Å². The molecule has 118 valence electrons. The van der Waals surface area contributed by atoms with E-state index in [9.17, 15) is 0 Å². The van der Waals surface area contributed by atoms with Crippen molar-refractivity contribution in [1.82, 2.24) is 9.80 Å². The molecule has 0 radical (unpaired) electrons. The number of nitrogens with zero attached hydrogens (tertiary/aromatic N) is 4. The molecule has 4 rings (SSSR count). The highest BCUT2D eigenvalue weighted by Crippen LogP contribution is 2.40. The van der Waals surface area contributed by atoms with Crippen LogP contribution in [0.1, 0.15) is 0 Å². The van der Waals surface area contributed by atoms with Gasteiger partial charge in [0.25, 0.3) is 0 Å². The molecule has 0 unspecified atom stereocenters. The van der Waals surface area contributed by atoms with E-state index in [1.807, 2.05) is 12.1 Å². The lowest BCUT2D eigenvalue weighted by atomic mass is 10.1. The number of hydrogen-bond acceptors (Lipinski definition) is 4. The lowest BCUT2D eigenvalue weighted by Gasteiger charge is -2.40. The summed E-state index contributed by atoms with van der Waals surface area (Å²) in [5, 5.41) is 0. The highest BCUT2D eigenvalue weighted by atomic mass is 79.9. The molecule has 4 nitrogen and oxygen atoms in total. The number of hydrogen-bond donors (Lipinski definition) is 0. The van der Waals surface area contributed by atoms with Gasteiger partial charge < -0.3 is 14.7 Å². The van der Waals surface area contributed by atoms with Crippen LogP contribution in [0, 0.1) is 0 Å². The Kier molecular flexibility index (Phi) is 3.62. The van der Waals surface area contributed by atoms with E-state index in [4.69, 9.17) is 4.99 Å². The maximum atomic E-state index is 4.97. The average molecular weight is 371 g/mol. The van der Waals surface area contributed by atoms with Gasteiger partial charge in [-0.1, -0.05) is 22.5 Å². The van der Waals surface area contributed by atoms with E-state index in [2.05, 4.69) is 68.7 Å². The summed E-state index contributed by atoms with van der Waals surface area (Å²) < 4.78 is 1.06. The minimum atomic E-state index is 1.00. The molecule has 3 heterocycles. The number of halogens is 1. The quantitative estimate of drug-likeness (QED) is 0.697. The molecule has 0 saturated carbocycles. The molecule has 1 fully saturated rings. The van der Waals surface area contributed by atoms with Crippen LogP contribution >= 0.6 is 15.9 Å². The minimum Gasteiger partial charge on any atom is -0.352 e. The third kappa shape index (κ3) is 2.64. The second-order valence-corrected chi connectivity index (χ2v) is 7.06. The molecule has 3 aliphatic heterocycles. The number of fused-ring (bicyclic) bond motifs is 3. The Hall–Kier alpha value is -1.85. The molecular weight excluding hydrogens is 352 g/mol. The molecule has 5 heteroatoms. The Morgan fingerprint density at radius 2 is 1.96 bits per heavy atom. The lowest BCUT2D eigenvalue weighted by Crippen LogP contribution is -2.49. The van der Waals surface area contributed by atoms with Gasteiger partial charge in [-0.15, -0.1) is 0 Å². The first-order valence-electron chi connectivity index (χ1n) is 7.82. The molecule has 23 heavy (non-hydrogen) atoms. The van der Waals surface area contributed by atoms with Gasteiger partial charge >= 0.3 is 0 Å². The van der Waals surface area contributed by atoms with Crippen molar-refractivity contribution in [2.45, 2.75) is 0 Å². The predicted molar refractivity (Wildman–Crippen MR) is 99.1 cm³/mol. The number of benzene rings is 1. The average Bonchev–Trinajstić information content (AvgIpc) is 2.55. The largest absolute Gasteiger partial charge is 0.352 e. The number of likely N-dealkylation sites (N-methyl/N-ethyl adjacent to an activating group) is 1. The van der Waals surface area contributed by atoms with Gasteiger partial charge in [-0.2, -0.15) is 0 Å². The molecule has 1 aromatic rings. The molecule has 0 aliphatic carbocycles. The standard InChI is InChI=1S/C18H19BrN4/c1-13-5-6-23-16-12-14(19)3-4-15(16)20-18(17(23)11-13)22-9-7-21(2)8-10-22/h3-6,11-12H,1,7-10H2,2H3. The van der Waals surface area contributed by atoms with Crippen molar-refractivity contribution < 1.29 is 0 Å². The molecule has 0 amide bonds. The number of anilines is 1. The Labute approximate surface area is 145 Å². The van der Waals surface area contributed by atoms with Crippen LogP contribution < -0.4 is 4.90 Å². The van der Waals surface area contributed by atoms with Crippen LogP contribution in [0.4, 0.5) is 11.4 Å². The van der Waals surface area contributed by atoms with Crippen LogP contribution in [0.15, 0.2) is 63.9 Å². The molecule has 1 saturated heterocycles. The molecule has 0 atom stereocenters. The topological polar surface area (TPSA) is 22.1 Å². The molecule has 3 aliphatic rings. The molecule has 0 N–H and O–H groups in total. The molecule has 1 aromatic carbocycles. The third-order valence-corrected chi connectivity index (χ3v) is 4.97. The Morgan fingerprint density at radius 1 is 1.17 bits per heavy atom. The summed E-state index contributed by atoms with van der Waals surface area (Å²) in [5.74, 6) is 1.05. The van der Waals surface area contributed by atoms with Crippen molar-refractivity contribution in [2.75, 3.05) is 38.1 Å². The van der Waals surface area contributed by atoms with E-state index in [0.717, 1.165) is 59.1 Å². The van der Waals surface area contributed by atoms with Crippen LogP contribution in [0.25, 0.3) is 0 Å². The van der Waals surface area contributed by atoms with Gasteiger partial charge in [0.05, 0.1) is 17.1 Å². The smallest absolute Gasteiger partial charge is 0.153 e. The maximum Gasteiger partial charge on any atom is 0.153 e. The summed E-state index contributed by atoms with van der Waals surface area (Å²) in [6, 6.07) is 6.24. The second kappa shape index (κ2) is 5.65. The van der Waals surface area contributed by atoms with Crippen molar-refractivity contribution in [3.05, 3.63) is 58.9 Å². The van der Waals surface area contributed by atoms with E-state index in [0.29, 0.717) is 0 Å². The fourth-order valence-corrected chi connectivity index (χ4v) is 3.48. The summed E-state index contributed by atoms with van der Waals surface area (Å²) in [6.45, 7) is 8.23. The van der Waals surface area contributed by atoms with Crippen LogP contribution in [-0.4, -0.2) is 48.9 Å². The predicted octanol–water partition coefficient (Wildman–Crippen LogP) is 3.51. The van der Waals surface area contributed by atoms with Gasteiger partial charge in [-0.3, -0.25) is 0 Å². The fourth-order valence-electron chi connectivity index (χ4n) is 3.13. The highest BCUT2D eigenvalue weighted by Gasteiger charge is 2.30. The van der Waals surface area contributed by atoms with Crippen LogP contribution in [0.2, 0.25) is 0 Å². The van der Waals surface area contributed by atoms with Gasteiger partial charge in [0.2, 0.25) is 0 Å². The van der Waals surface area contributed by atoms with Crippen molar-refractivity contribution in [3.63, 3.8) is 0 Å². The Morgan fingerprint density at radius 3 is 2.74 bits per heavy atom. The van der Waals surface area contributed by atoms with E-state index < -0.39 is 0 Å². The minimum absolute atomic E-state index is 1.00. The number of piperazine rings is 1. The summed E-state index contributed by atoms with van der Waals surface area (Å²) in [6.07, 6.45) is 6.26. The zero-order chi connectivity index (χ0) is 16.0. The van der Waals surface area contributed by atoms with E-state index in [1.54, 1.807) is 0 Å². The van der Waals surface area contributed by atoms with Crippen molar-refractivity contribution >= 4 is 33.1 Å². The molecule has 0 bridgehead atoms. The first-order chi connectivity index (χ1) is 11.1.